The normalized spacial score (nSPS) is 0.200. The summed E-state index contributed by atoms with van der Waals surface area (Å²) in [6, 6.07) is 0. The van der Waals surface area contributed by atoms with Crippen molar-refractivity contribution < 1.29 is 759 Å². The van der Waals surface area contributed by atoms with Crippen molar-refractivity contribution in [1.29, 1.82) is 0 Å². The molecule has 0 aromatic carbocycles. The molecule has 235 valence electrons. The van der Waals surface area contributed by atoms with Crippen molar-refractivity contribution >= 4 is 10.3 Å². The molecule has 0 unspecified atom stereocenters. The van der Waals surface area contributed by atoms with Gasteiger partial charge >= 0.3 is 26.0 Å². The van der Waals surface area contributed by atoms with Gasteiger partial charge in [-0.2, -0.15) is 6.92 Å². The van der Waals surface area contributed by atoms with Crippen LogP contribution < -0.4 is 0 Å². The van der Waals surface area contributed by atoms with Gasteiger partial charge in [0.2, 0.25) is 0 Å². The average Bonchev–Trinajstić information content (AvgIpc) is 1.50. The van der Waals surface area contributed by atoms with Crippen LogP contribution in [0.1, 0.15) is 15.8 Å². The van der Waals surface area contributed by atoms with Crippen LogP contribution in [0.2, 0.25) is 0 Å². The fourth-order valence-corrected chi connectivity index (χ4v) is 0. The Hall–Kier alpha value is 24.2. The summed E-state index contributed by atoms with van der Waals surface area (Å²) in [5, 5.41) is 0. The van der Waals surface area contributed by atoms with E-state index in [1.807, 2.05) is 15.7 Å². The molecule has 0 nitrogen and oxygen atoms in total. The zero-order valence-electron chi connectivity index (χ0n) is 20.5. The summed E-state index contributed by atoms with van der Waals surface area (Å²) >= 11 is 1.90. The molecule has 45 heavy (non-hydrogen) atoms. The molecule has 0 saturated carbocycles. The molecule has 0 spiro atoms. The van der Waals surface area contributed by atoms with Gasteiger partial charge in [-0.15, -0.1) is 0 Å². The minimum absolute atomic E-state index is 0. The van der Waals surface area contributed by atoms with E-state index < -0.39 is 0 Å². The zero-order valence-corrected chi connectivity index (χ0v) is 78.5. The third kappa shape index (κ3) is 511. The minimum atomic E-state index is 0. The van der Waals surface area contributed by atoms with Crippen molar-refractivity contribution in [2.45, 2.75) is 14.4 Å². The molecule has 0 atom stereocenters. The Labute approximate surface area is 769 Å². The van der Waals surface area contributed by atoms with Crippen LogP contribution >= 0.6 is 10.3 Å². The van der Waals surface area contributed by atoms with E-state index in [0.29, 0.717) is 0 Å². The van der Waals surface area contributed by atoms with Gasteiger partial charge in [-0.3, -0.25) is 0 Å². The first kappa shape index (κ1) is 469. The molecule has 0 bridgehead atoms. The Balaban J connectivity index is -0.0000000000216. The van der Waals surface area contributed by atoms with Crippen molar-refractivity contribution in [2.24, 2.45) is 0 Å². The van der Waals surface area contributed by atoms with Gasteiger partial charge in [0.15, 0.2) is 0 Å². The molecule has 0 fully saturated rings. The van der Waals surface area contributed by atoms with Gasteiger partial charge in [-0.25, -0.2) is 0 Å². The maximum atomic E-state index is 4.02. The van der Waals surface area contributed by atoms with Crippen LogP contribution in [0.4, 0.5) is 0 Å². The Kier molecular flexibility index (Phi) is 5490. The van der Waals surface area contributed by atoms with Crippen LogP contribution in [0, 0.1) is 6.92 Å². The molecule has 42 heteroatoms. The van der Waals surface area contributed by atoms with Gasteiger partial charge in [-0.1, -0.05) is 7.43 Å². The second kappa shape index (κ2) is 526. The standard InChI is InChI=1S/C2H5.CH4.S.41V.H2/c1-2;;;;;;;;;;;;;;;;;;;;;;;;;;;;;;;;;;;;;;;;;;;;/h1H2,2H3;1H4;;;;;;;;;;;;;;;;;;;;;;;;;;;;;;;;;;;;;;;;;;;1H/q-1;;;;;;;;;;;;;;;;;;;;;;;;;;;;;;;;;;;;;;;;;;;;. The van der Waals surface area contributed by atoms with Crippen molar-refractivity contribution in [1.82, 2.24) is 0 Å². The maximum Gasteiger partial charge on any atom is 0 e. The molecule has 0 aliphatic heterocycles. The summed E-state index contributed by atoms with van der Waals surface area (Å²) in [5.74, 6) is 0. The van der Waals surface area contributed by atoms with E-state index in [2.05, 4.69) is 17.2 Å². The molecule has 0 saturated heterocycles. The van der Waals surface area contributed by atoms with Crippen molar-refractivity contribution in [3.8, 4) is 0 Å². The van der Waals surface area contributed by atoms with E-state index in [1.165, 1.54) is 0 Å². The third-order valence-corrected chi connectivity index (χ3v) is 0. The Morgan fingerprint density at radius 3 is 0.200 bits per heavy atom. The molecule has 0 rings (SSSR count). The minimum Gasteiger partial charge on any atom is 0 e. The predicted octanol–water partition coefficient (Wildman–Crippen LogP) is 2.27. The first-order chi connectivity index (χ1) is 2.00. The van der Waals surface area contributed by atoms with Crippen LogP contribution in [0.3, 0.4) is 0 Å². The van der Waals surface area contributed by atoms with Crippen molar-refractivity contribution in [3.05, 3.63) is 6.92 Å². The van der Waals surface area contributed by atoms with Gasteiger partial charge < -0.3 is 6.92 Å². The second-order valence-electron chi connectivity index (χ2n) is 0. The van der Waals surface area contributed by atoms with Crippen LogP contribution in [0.25, 0.3) is 0 Å². The number of rotatable bonds is 0. The smallest absolute Gasteiger partial charge is 0 e. The summed E-state index contributed by atoms with van der Waals surface area (Å²) in [5.41, 5.74) is 0. The van der Waals surface area contributed by atoms with E-state index in [9.17, 15) is 0 Å². The Bertz CT molecular complexity index is 29.7. The Morgan fingerprint density at radius 2 is 0.200 bits per heavy atom. The molecule has 0 aliphatic rings. The van der Waals surface area contributed by atoms with Crippen LogP contribution in [-0.2, 0) is 758 Å². The second-order valence-corrected chi connectivity index (χ2v) is 0. The first-order valence-corrected chi connectivity index (χ1v) is 2.97. The summed E-state index contributed by atoms with van der Waals surface area (Å²) in [6.07, 6.45) is 0. The summed E-state index contributed by atoms with van der Waals surface area (Å²) in [6.45, 7) is 5.00. The van der Waals surface area contributed by atoms with Gasteiger partial charge in [0.1, 0.15) is 0 Å². The fraction of sp³-hybridized carbons (Fsp3) is 0.667. The molecule has 0 heterocycles. The Morgan fingerprint density at radius 1 is 0.200 bits per heavy atom. The fourth-order valence-electron chi connectivity index (χ4n) is 0. The maximum absolute atomic E-state index is 4.02. The van der Waals surface area contributed by atoms with E-state index in [-0.39, 0.29) is 751 Å². The molecular weight excluding hydrogens is 2160 g/mol. The monoisotopic (exact) mass is 2170 g/mol. The summed E-state index contributed by atoms with van der Waals surface area (Å²) in [4.78, 5) is 0. The van der Waals surface area contributed by atoms with E-state index in [0.717, 1.165) is 0 Å². The first-order valence-electron chi connectivity index (χ1n) is 0.890. The van der Waals surface area contributed by atoms with Crippen molar-refractivity contribution in [2.75, 3.05) is 0 Å². The summed E-state index contributed by atoms with van der Waals surface area (Å²) in [7, 11) is 4.02. The van der Waals surface area contributed by atoms with Gasteiger partial charge in [-0.05, 0) is 0 Å². The molecule has 0 aliphatic carbocycles. The van der Waals surface area contributed by atoms with Gasteiger partial charge in [0.05, 0.1) is 0 Å². The number of hydrogen-bond acceptors (Lipinski definition) is 1. The van der Waals surface area contributed by atoms with Gasteiger partial charge in [0, 0.05) is 744 Å². The average molecular weight is 2170 g/mol. The van der Waals surface area contributed by atoms with Crippen LogP contribution in [-0.4, -0.2) is 0 Å². The van der Waals surface area contributed by atoms with E-state index in [1.54, 1.807) is 6.92 Å². The quantitative estimate of drug-likeness (QED) is 0.337. The largest absolute Gasteiger partial charge is 0 e. The van der Waals surface area contributed by atoms with Gasteiger partial charge in [0.25, 0.3) is 0 Å². The molecule has 0 aromatic rings. The molecule has 0 N–H and O–H groups in total. The molecule has 0 amide bonds. The molecule has 40 radical (unpaired) electrons. The van der Waals surface area contributed by atoms with E-state index >= 15 is 0 Å². The third-order valence-electron chi connectivity index (χ3n) is 0. The van der Waals surface area contributed by atoms with Crippen molar-refractivity contribution in [3.63, 3.8) is 0 Å². The van der Waals surface area contributed by atoms with Crippen LogP contribution in [0.5, 0.6) is 0 Å². The molecular formula is C3H11SV41-. The predicted molar refractivity (Wildman–Crippen MR) is 27.5 cm³/mol. The number of hydrogen-bond donors (Lipinski definition) is 0. The topological polar surface area (TPSA) is 0 Å². The SMILES string of the molecule is C.[CH2-]C.[HH].[S]=[V].[V].[V].[V].[V].[V].[V].[V].[V].[V].[V].[V].[V].[V].[V].[V].[V].[V].[V].[V].[V].[V].[V].[V].[V].[V].[V].[V].[V].[V].[V].[V].[V].[V].[V].[V].[V].[V].[V].[V].[V]. The summed E-state index contributed by atoms with van der Waals surface area (Å²) < 4.78 is 0. The molecule has 0 aromatic heterocycles. The zero-order chi connectivity index (χ0) is 4.00. The van der Waals surface area contributed by atoms with E-state index in [4.69, 9.17) is 0 Å². The van der Waals surface area contributed by atoms with Crippen LogP contribution in [0.15, 0.2) is 0 Å².